The normalized spacial score (nSPS) is 11.0. The fourth-order valence-electron chi connectivity index (χ4n) is 2.18. The second kappa shape index (κ2) is 9.58. The van der Waals surface area contributed by atoms with Crippen molar-refractivity contribution in [1.82, 2.24) is 0 Å². The highest BCUT2D eigenvalue weighted by molar-refractivity contribution is 14.1. The molecule has 2 rings (SSSR count). The Morgan fingerprint density at radius 1 is 1.31 bits per heavy atom. The number of hydrogen-bond acceptors (Lipinski definition) is 3. The van der Waals surface area contributed by atoms with Crippen LogP contribution in [0, 0.1) is 25.4 Å². The fraction of sp³-hybridized carbons (Fsp3) is 0.158. The van der Waals surface area contributed by atoms with Crippen molar-refractivity contribution in [2.45, 2.75) is 13.8 Å². The van der Waals surface area contributed by atoms with E-state index in [1.807, 2.05) is 38.1 Å². The predicted octanol–water partition coefficient (Wildman–Crippen LogP) is 5.80. The number of amides is 1. The van der Waals surface area contributed by atoms with E-state index in [1.54, 1.807) is 18.2 Å². The summed E-state index contributed by atoms with van der Waals surface area (Å²) in [5, 5.41) is 12.7. The average Bonchev–Trinajstić information content (AvgIpc) is 2.59. The van der Waals surface area contributed by atoms with Gasteiger partial charge in [0, 0.05) is 10.7 Å². The zero-order chi connectivity index (χ0) is 19.3. The molecule has 0 fully saturated rings. The maximum absolute atomic E-state index is 12.5. The van der Waals surface area contributed by atoms with Crippen LogP contribution >= 0.6 is 56.8 Å². The van der Waals surface area contributed by atoms with Gasteiger partial charge in [-0.2, -0.15) is 5.26 Å². The smallest absolute Gasteiger partial charge is 0.266 e. The van der Waals surface area contributed by atoms with Gasteiger partial charge < -0.3 is 10.1 Å². The van der Waals surface area contributed by atoms with E-state index in [1.165, 1.54) is 0 Å². The highest BCUT2D eigenvalue weighted by Gasteiger charge is 2.13. The second-order valence-electron chi connectivity index (χ2n) is 5.33. The monoisotopic (exact) mass is 592 g/mol. The van der Waals surface area contributed by atoms with Crippen molar-refractivity contribution in [3.05, 3.63) is 59.2 Å². The van der Waals surface area contributed by atoms with Gasteiger partial charge in [0.2, 0.25) is 0 Å². The molecule has 2 aromatic rings. The Morgan fingerprint density at radius 2 is 1.96 bits per heavy atom. The van der Waals surface area contributed by atoms with Gasteiger partial charge in [-0.05, 0) is 100 Å². The first-order valence-corrected chi connectivity index (χ1v) is 10.2. The van der Waals surface area contributed by atoms with Crippen molar-refractivity contribution in [1.29, 1.82) is 5.26 Å². The van der Waals surface area contributed by atoms with Crippen LogP contribution in [0.1, 0.15) is 18.1 Å². The molecule has 26 heavy (non-hydrogen) atoms. The van der Waals surface area contributed by atoms with E-state index >= 15 is 0 Å². The van der Waals surface area contributed by atoms with Crippen LogP contribution in [0.25, 0.3) is 6.08 Å². The number of hydrogen-bond donors (Lipinski definition) is 1. The minimum atomic E-state index is -0.475. The van der Waals surface area contributed by atoms with Gasteiger partial charge in [-0.3, -0.25) is 4.79 Å². The van der Waals surface area contributed by atoms with Crippen LogP contribution < -0.4 is 10.1 Å². The molecule has 4 nitrogen and oxygen atoms in total. The minimum absolute atomic E-state index is 0.0140. The quantitative estimate of drug-likeness (QED) is 0.271. The first kappa shape index (κ1) is 21.0. The minimum Gasteiger partial charge on any atom is -0.492 e. The molecule has 0 spiro atoms. The topological polar surface area (TPSA) is 62.1 Å². The second-order valence-corrected chi connectivity index (χ2v) is 8.09. The van der Waals surface area contributed by atoms with E-state index in [0.717, 1.165) is 24.0 Å². The van der Waals surface area contributed by atoms with Crippen molar-refractivity contribution < 1.29 is 9.53 Å². The summed E-state index contributed by atoms with van der Waals surface area (Å²) in [4.78, 5) is 12.5. The van der Waals surface area contributed by atoms with Crippen LogP contribution in [0.3, 0.4) is 0 Å². The molecule has 2 aromatic carbocycles. The number of benzene rings is 2. The molecular formula is C19H15ClI2N2O2. The summed E-state index contributed by atoms with van der Waals surface area (Å²) in [5.41, 5.74) is 2.22. The third kappa shape index (κ3) is 5.34. The molecule has 0 aliphatic rings. The van der Waals surface area contributed by atoms with Crippen LogP contribution in [0.5, 0.6) is 5.75 Å². The van der Waals surface area contributed by atoms with Crippen LogP contribution in [0.15, 0.2) is 35.9 Å². The lowest BCUT2D eigenvalue weighted by molar-refractivity contribution is -0.112. The molecule has 0 atom stereocenters. The Morgan fingerprint density at radius 3 is 2.54 bits per heavy atom. The number of nitrogens with one attached hydrogen (secondary N) is 1. The number of carbonyl (C=O) groups is 1. The summed E-state index contributed by atoms with van der Waals surface area (Å²) < 4.78 is 7.46. The molecule has 1 N–H and O–H groups in total. The summed E-state index contributed by atoms with van der Waals surface area (Å²) in [7, 11) is 0. The van der Waals surface area contributed by atoms with E-state index in [2.05, 4.69) is 50.5 Å². The van der Waals surface area contributed by atoms with Gasteiger partial charge in [0.1, 0.15) is 17.4 Å². The van der Waals surface area contributed by atoms with Gasteiger partial charge in [-0.15, -0.1) is 0 Å². The maximum Gasteiger partial charge on any atom is 0.266 e. The number of ether oxygens (including phenoxy) is 1. The third-order valence-electron chi connectivity index (χ3n) is 3.43. The van der Waals surface area contributed by atoms with Gasteiger partial charge in [0.15, 0.2) is 0 Å². The molecule has 0 radical (unpaired) electrons. The SMILES string of the molecule is CCOc1c(I)cc(/C=C(\C#N)C(=O)Nc2cc(Cl)ccc2C)cc1I. The molecule has 0 unspecified atom stereocenters. The number of nitrogens with zero attached hydrogens (tertiary/aromatic N) is 1. The Labute approximate surface area is 184 Å². The summed E-state index contributed by atoms with van der Waals surface area (Å²) in [6.07, 6.45) is 1.56. The molecule has 0 aromatic heterocycles. The Bertz CT molecular complexity index is 897. The lowest BCUT2D eigenvalue weighted by Crippen LogP contribution is -2.14. The van der Waals surface area contributed by atoms with E-state index in [4.69, 9.17) is 16.3 Å². The van der Waals surface area contributed by atoms with Crippen LogP contribution in [-0.2, 0) is 4.79 Å². The third-order valence-corrected chi connectivity index (χ3v) is 5.27. The van der Waals surface area contributed by atoms with Crippen LogP contribution in [0.2, 0.25) is 5.02 Å². The van der Waals surface area contributed by atoms with E-state index in [-0.39, 0.29) is 5.57 Å². The van der Waals surface area contributed by atoms with Crippen molar-refractivity contribution in [3.63, 3.8) is 0 Å². The zero-order valence-electron chi connectivity index (χ0n) is 14.1. The van der Waals surface area contributed by atoms with Gasteiger partial charge in [-0.25, -0.2) is 0 Å². The summed E-state index contributed by atoms with van der Waals surface area (Å²) in [6.45, 7) is 4.36. The van der Waals surface area contributed by atoms with Crippen molar-refractivity contribution in [2.75, 3.05) is 11.9 Å². The van der Waals surface area contributed by atoms with Crippen LogP contribution in [0.4, 0.5) is 5.69 Å². The van der Waals surface area contributed by atoms with Crippen molar-refractivity contribution >= 4 is 74.5 Å². The number of halogens is 3. The molecule has 0 aliphatic carbocycles. The number of carbonyl (C=O) groups excluding carboxylic acids is 1. The number of rotatable bonds is 5. The molecule has 0 saturated heterocycles. The highest BCUT2D eigenvalue weighted by Crippen LogP contribution is 2.30. The predicted molar refractivity (Wildman–Crippen MR) is 121 cm³/mol. The highest BCUT2D eigenvalue weighted by atomic mass is 127. The molecule has 7 heteroatoms. The zero-order valence-corrected chi connectivity index (χ0v) is 19.1. The molecule has 0 aliphatic heterocycles. The van der Waals surface area contributed by atoms with Crippen LogP contribution in [-0.4, -0.2) is 12.5 Å². The average molecular weight is 593 g/mol. The van der Waals surface area contributed by atoms with E-state index in [0.29, 0.717) is 17.3 Å². The van der Waals surface area contributed by atoms with Crippen molar-refractivity contribution in [3.8, 4) is 11.8 Å². The number of anilines is 1. The lowest BCUT2D eigenvalue weighted by Gasteiger charge is -2.10. The first-order chi connectivity index (χ1) is 12.3. The number of nitriles is 1. The van der Waals surface area contributed by atoms with Gasteiger partial charge in [-0.1, -0.05) is 17.7 Å². The van der Waals surface area contributed by atoms with E-state index in [9.17, 15) is 10.1 Å². The summed E-state index contributed by atoms with van der Waals surface area (Å²) >= 11 is 10.3. The standard InChI is InChI=1S/C19H15ClI2N2O2/c1-3-26-18-15(21)7-12(8-16(18)22)6-13(10-23)19(25)24-17-9-14(20)5-4-11(17)2/h4-9H,3H2,1-2H3,(H,24,25)/b13-6+. The maximum atomic E-state index is 12.5. The van der Waals surface area contributed by atoms with E-state index < -0.39 is 5.91 Å². The molecule has 0 heterocycles. The Hall–Kier alpha value is -1.31. The molecule has 0 saturated carbocycles. The van der Waals surface area contributed by atoms with Gasteiger partial charge in [0.25, 0.3) is 5.91 Å². The Kier molecular flexibility index (Phi) is 7.73. The first-order valence-electron chi connectivity index (χ1n) is 7.66. The summed E-state index contributed by atoms with van der Waals surface area (Å²) in [6, 6.07) is 10.9. The van der Waals surface area contributed by atoms with Gasteiger partial charge >= 0.3 is 0 Å². The van der Waals surface area contributed by atoms with Gasteiger partial charge in [0.05, 0.1) is 13.7 Å². The molecule has 0 bridgehead atoms. The summed E-state index contributed by atoms with van der Waals surface area (Å²) in [5.74, 6) is 0.333. The lowest BCUT2D eigenvalue weighted by atomic mass is 10.1. The molecular weight excluding hydrogens is 577 g/mol. The Balaban J connectivity index is 2.31. The number of aryl methyl sites for hydroxylation is 1. The fourth-order valence-corrected chi connectivity index (χ4v) is 4.48. The largest absolute Gasteiger partial charge is 0.492 e. The molecule has 1 amide bonds. The van der Waals surface area contributed by atoms with Crippen molar-refractivity contribution in [2.24, 2.45) is 0 Å². The molecule has 134 valence electrons.